The van der Waals surface area contributed by atoms with Crippen LogP contribution in [0.4, 0.5) is 0 Å². The number of thioether (sulfide) groups is 1. The lowest BCUT2D eigenvalue weighted by Gasteiger charge is -2.26. The molecule has 1 amide bonds. The second-order valence-electron chi connectivity index (χ2n) is 8.15. The molecule has 35 heavy (non-hydrogen) atoms. The quantitative estimate of drug-likeness (QED) is 0.300. The van der Waals surface area contributed by atoms with Gasteiger partial charge in [-0.05, 0) is 35.9 Å². The fourth-order valence-corrected chi connectivity index (χ4v) is 5.01. The molecule has 0 atom stereocenters. The second-order valence-corrected chi connectivity index (χ2v) is 9.09. The van der Waals surface area contributed by atoms with Gasteiger partial charge in [-0.2, -0.15) is 0 Å². The molecule has 0 spiro atoms. The minimum atomic E-state index is -0.191. The molecule has 0 aliphatic carbocycles. The number of hydrogen-bond donors (Lipinski definition) is 0. The molecule has 1 saturated heterocycles. The van der Waals surface area contributed by atoms with Gasteiger partial charge in [0, 0.05) is 30.5 Å². The number of methoxy groups -OCH3 is 1. The van der Waals surface area contributed by atoms with Crippen LogP contribution < -0.4 is 10.3 Å². The minimum absolute atomic E-state index is 0.0764. The van der Waals surface area contributed by atoms with Crippen molar-refractivity contribution in [2.45, 2.75) is 10.9 Å². The Bertz CT molecular complexity index is 1420. The Balaban J connectivity index is 1.60. The number of carbonyl (C=O) groups is 1. The fourth-order valence-electron chi connectivity index (χ4n) is 4.04. The summed E-state index contributed by atoms with van der Waals surface area (Å²) in [5, 5.41) is 1.01. The zero-order valence-corrected chi connectivity index (χ0v) is 20.2. The van der Waals surface area contributed by atoms with Crippen molar-refractivity contribution in [3.63, 3.8) is 0 Å². The average molecular weight is 488 g/mol. The highest BCUT2D eigenvalue weighted by Crippen LogP contribution is 2.26. The van der Waals surface area contributed by atoms with Crippen LogP contribution in [0.25, 0.3) is 16.6 Å². The second kappa shape index (κ2) is 10.3. The van der Waals surface area contributed by atoms with Crippen molar-refractivity contribution in [2.24, 2.45) is 0 Å². The van der Waals surface area contributed by atoms with Crippen molar-refractivity contribution in [1.82, 2.24) is 14.5 Å². The molecule has 1 aromatic heterocycles. The van der Waals surface area contributed by atoms with Crippen molar-refractivity contribution in [2.75, 3.05) is 33.4 Å². The molecule has 0 saturated carbocycles. The number of morpholine rings is 1. The first kappa shape index (κ1) is 23.1. The summed E-state index contributed by atoms with van der Waals surface area (Å²) in [7, 11) is 1.60. The van der Waals surface area contributed by atoms with Crippen molar-refractivity contribution in [3.8, 4) is 11.4 Å². The Morgan fingerprint density at radius 2 is 1.83 bits per heavy atom. The van der Waals surface area contributed by atoms with E-state index in [1.54, 1.807) is 34.8 Å². The summed E-state index contributed by atoms with van der Waals surface area (Å²) in [5.74, 6) is 1.22. The zero-order valence-electron chi connectivity index (χ0n) is 19.3. The number of ether oxygens (including phenoxy) is 2. The zero-order chi connectivity index (χ0) is 24.2. The number of amides is 1. The van der Waals surface area contributed by atoms with Crippen LogP contribution in [0.3, 0.4) is 0 Å². The van der Waals surface area contributed by atoms with E-state index in [4.69, 9.17) is 14.5 Å². The van der Waals surface area contributed by atoms with Crippen LogP contribution >= 0.6 is 11.8 Å². The van der Waals surface area contributed by atoms with Gasteiger partial charge in [-0.1, -0.05) is 48.2 Å². The highest BCUT2D eigenvalue weighted by atomic mass is 32.2. The van der Waals surface area contributed by atoms with Gasteiger partial charge in [0.2, 0.25) is 0 Å². The van der Waals surface area contributed by atoms with E-state index >= 15 is 0 Å². The standard InChI is InChI=1S/C27H25N3O4S/c1-33-22-9-5-8-21(17-22)30-26(32)23-11-10-20(25(31)29-12-14-34-15-13-29)16-24(23)28-27(30)35-18-19-6-3-2-4-7-19/h2-11,16-17H,12-15,18H2,1H3. The summed E-state index contributed by atoms with van der Waals surface area (Å²) in [4.78, 5) is 33.4. The van der Waals surface area contributed by atoms with E-state index in [1.165, 1.54) is 11.8 Å². The number of hydrogen-bond acceptors (Lipinski definition) is 6. The molecule has 0 bridgehead atoms. The molecule has 1 aliphatic heterocycles. The van der Waals surface area contributed by atoms with Gasteiger partial charge in [0.25, 0.3) is 11.5 Å². The molecule has 8 heteroatoms. The van der Waals surface area contributed by atoms with Crippen molar-refractivity contribution in [1.29, 1.82) is 0 Å². The van der Waals surface area contributed by atoms with Gasteiger partial charge >= 0.3 is 0 Å². The average Bonchev–Trinajstić information content (AvgIpc) is 2.92. The van der Waals surface area contributed by atoms with E-state index in [9.17, 15) is 9.59 Å². The maximum Gasteiger partial charge on any atom is 0.266 e. The first-order chi connectivity index (χ1) is 17.1. The van der Waals surface area contributed by atoms with Crippen LogP contribution in [-0.4, -0.2) is 53.8 Å². The lowest BCUT2D eigenvalue weighted by molar-refractivity contribution is 0.0303. The van der Waals surface area contributed by atoms with Crippen LogP contribution in [0, 0.1) is 0 Å². The van der Waals surface area contributed by atoms with Crippen LogP contribution in [0.5, 0.6) is 5.75 Å². The number of rotatable bonds is 6. The summed E-state index contributed by atoms with van der Waals surface area (Å²) < 4.78 is 12.4. The Morgan fingerprint density at radius 3 is 2.60 bits per heavy atom. The van der Waals surface area contributed by atoms with Gasteiger partial charge in [-0.25, -0.2) is 4.98 Å². The number of nitrogens with zero attached hydrogens (tertiary/aromatic N) is 3. The van der Waals surface area contributed by atoms with Crippen LogP contribution in [0.15, 0.2) is 82.7 Å². The lowest BCUT2D eigenvalue weighted by Crippen LogP contribution is -2.40. The summed E-state index contributed by atoms with van der Waals surface area (Å²) in [6.45, 7) is 2.17. The highest BCUT2D eigenvalue weighted by molar-refractivity contribution is 7.98. The summed E-state index contributed by atoms with van der Waals surface area (Å²) in [6, 6.07) is 22.5. The lowest BCUT2D eigenvalue weighted by atomic mass is 10.1. The molecule has 0 radical (unpaired) electrons. The third-order valence-corrected chi connectivity index (χ3v) is 6.92. The van der Waals surface area contributed by atoms with Crippen LogP contribution in [0.2, 0.25) is 0 Å². The Kier molecular flexibility index (Phi) is 6.83. The number of fused-ring (bicyclic) bond motifs is 1. The Hall–Kier alpha value is -3.62. The van der Waals surface area contributed by atoms with E-state index < -0.39 is 0 Å². The first-order valence-electron chi connectivity index (χ1n) is 11.4. The molecular formula is C27H25N3O4S. The molecule has 0 unspecified atom stereocenters. The number of benzene rings is 3. The maximum atomic E-state index is 13.7. The monoisotopic (exact) mass is 487 g/mol. The molecule has 2 heterocycles. The number of aromatic nitrogens is 2. The van der Waals surface area contributed by atoms with E-state index in [0.29, 0.717) is 65.1 Å². The summed E-state index contributed by atoms with van der Waals surface area (Å²) >= 11 is 1.48. The van der Waals surface area contributed by atoms with E-state index in [2.05, 4.69) is 0 Å². The number of carbonyl (C=O) groups excluding carboxylic acids is 1. The smallest absolute Gasteiger partial charge is 0.266 e. The van der Waals surface area contributed by atoms with Crippen molar-refractivity contribution >= 4 is 28.6 Å². The van der Waals surface area contributed by atoms with Crippen molar-refractivity contribution in [3.05, 3.63) is 94.3 Å². The van der Waals surface area contributed by atoms with E-state index in [0.717, 1.165) is 5.56 Å². The Labute approximate surface area is 207 Å². The predicted molar refractivity (Wildman–Crippen MR) is 137 cm³/mol. The topological polar surface area (TPSA) is 73.7 Å². The Morgan fingerprint density at radius 1 is 1.03 bits per heavy atom. The molecule has 7 nitrogen and oxygen atoms in total. The molecule has 3 aromatic carbocycles. The summed E-state index contributed by atoms with van der Waals surface area (Å²) in [5.41, 5.74) is 2.63. The molecule has 1 aliphatic rings. The summed E-state index contributed by atoms with van der Waals surface area (Å²) in [6.07, 6.45) is 0. The van der Waals surface area contributed by atoms with Gasteiger partial charge in [-0.3, -0.25) is 14.2 Å². The minimum Gasteiger partial charge on any atom is -0.497 e. The van der Waals surface area contributed by atoms with Crippen molar-refractivity contribution < 1.29 is 14.3 Å². The van der Waals surface area contributed by atoms with Crippen LogP contribution in [-0.2, 0) is 10.5 Å². The predicted octanol–water partition coefficient (Wildman–Crippen LogP) is 4.16. The van der Waals surface area contributed by atoms with E-state index in [-0.39, 0.29) is 11.5 Å². The maximum absolute atomic E-state index is 13.7. The highest BCUT2D eigenvalue weighted by Gasteiger charge is 2.20. The molecule has 5 rings (SSSR count). The largest absolute Gasteiger partial charge is 0.497 e. The molecule has 178 valence electrons. The van der Waals surface area contributed by atoms with E-state index in [1.807, 2.05) is 54.6 Å². The third kappa shape index (κ3) is 4.94. The van der Waals surface area contributed by atoms with Crippen LogP contribution in [0.1, 0.15) is 15.9 Å². The van der Waals surface area contributed by atoms with Gasteiger partial charge < -0.3 is 14.4 Å². The normalized spacial score (nSPS) is 13.7. The fraction of sp³-hybridized carbons (Fsp3) is 0.222. The van der Waals surface area contributed by atoms with Gasteiger partial charge in [-0.15, -0.1) is 0 Å². The van der Waals surface area contributed by atoms with Gasteiger partial charge in [0.1, 0.15) is 5.75 Å². The van der Waals surface area contributed by atoms with Gasteiger partial charge in [0.15, 0.2) is 5.16 Å². The molecule has 4 aromatic rings. The first-order valence-corrected chi connectivity index (χ1v) is 12.4. The van der Waals surface area contributed by atoms with Gasteiger partial charge in [0.05, 0.1) is 36.9 Å². The molecule has 0 N–H and O–H groups in total. The molecule has 1 fully saturated rings. The third-order valence-electron chi connectivity index (χ3n) is 5.91. The SMILES string of the molecule is COc1cccc(-n2c(SCc3ccccc3)nc3cc(C(=O)N4CCOCC4)ccc3c2=O)c1. The molecular weight excluding hydrogens is 462 g/mol.